The van der Waals surface area contributed by atoms with E-state index in [-0.39, 0.29) is 23.3 Å². The highest BCUT2D eigenvalue weighted by Crippen LogP contribution is 2.22. The van der Waals surface area contributed by atoms with Gasteiger partial charge in [-0.2, -0.15) is 0 Å². The highest BCUT2D eigenvalue weighted by molar-refractivity contribution is 6.29. The van der Waals surface area contributed by atoms with E-state index >= 15 is 0 Å². The summed E-state index contributed by atoms with van der Waals surface area (Å²) < 4.78 is 24.7. The molecule has 2 fully saturated rings. The Labute approximate surface area is 198 Å². The second-order valence-electron chi connectivity index (χ2n) is 8.14. The van der Waals surface area contributed by atoms with Crippen LogP contribution < -0.4 is 10.2 Å². The molecular weight excluding hydrogens is 450 g/mol. The van der Waals surface area contributed by atoms with E-state index in [1.807, 2.05) is 0 Å². The molecule has 0 atom stereocenters. The van der Waals surface area contributed by atoms with Gasteiger partial charge in [0, 0.05) is 24.9 Å². The van der Waals surface area contributed by atoms with E-state index in [4.69, 9.17) is 11.6 Å². The lowest BCUT2D eigenvalue weighted by Crippen LogP contribution is -2.36. The summed E-state index contributed by atoms with van der Waals surface area (Å²) in [5.41, 5.74) is 0. The van der Waals surface area contributed by atoms with Crippen LogP contribution in [-0.2, 0) is 9.59 Å². The maximum atomic E-state index is 12.7. The third-order valence-electron chi connectivity index (χ3n) is 5.71. The summed E-state index contributed by atoms with van der Waals surface area (Å²) in [6.45, 7) is 7.02. The van der Waals surface area contributed by atoms with Crippen LogP contribution in [0.25, 0.3) is 0 Å². The first kappa shape index (κ1) is 26.8. The van der Waals surface area contributed by atoms with Crippen LogP contribution in [0.4, 0.5) is 14.6 Å². The Morgan fingerprint density at radius 1 is 0.879 bits per heavy atom. The zero-order chi connectivity index (χ0) is 24.2. The maximum absolute atomic E-state index is 12.7. The van der Waals surface area contributed by atoms with Crippen molar-refractivity contribution in [2.24, 2.45) is 11.8 Å². The summed E-state index contributed by atoms with van der Waals surface area (Å²) in [4.78, 5) is 31.6. The van der Waals surface area contributed by atoms with Crippen molar-refractivity contribution >= 4 is 29.0 Å². The fraction of sp³-hybridized carbons (Fsp3) is 0.500. The number of Topliss-reactive ketones (excluding diaryl/α,β-unsaturated/α-hetero) is 2. The standard InChI is InChI=1S/C12H15FN2O.C7H13NO.C5H3ClFN/c1-9(16)10-4-6-15(7-5-10)12-3-2-11(13)8-14-12;1-6(9)7-2-4-8-5-3-7;6-5-2-1-4(7)3-8-5/h2-3,8,10H,4-7H2,1H3;7-8H,2-5H2,1H3;1-3H. The highest BCUT2D eigenvalue weighted by Gasteiger charge is 2.22. The molecule has 0 spiro atoms. The molecular formula is C24H31ClF2N4O2. The number of ketones is 2. The molecule has 0 aromatic carbocycles. The van der Waals surface area contributed by atoms with Crippen molar-refractivity contribution in [3.05, 3.63) is 53.4 Å². The molecule has 0 bridgehead atoms. The van der Waals surface area contributed by atoms with Crippen LogP contribution in [0, 0.1) is 23.5 Å². The molecule has 4 heterocycles. The number of hydrogen-bond acceptors (Lipinski definition) is 6. The number of carbonyl (C=O) groups is 2. The molecule has 180 valence electrons. The van der Waals surface area contributed by atoms with Gasteiger partial charge in [-0.05, 0) is 76.9 Å². The van der Waals surface area contributed by atoms with E-state index in [9.17, 15) is 18.4 Å². The largest absolute Gasteiger partial charge is 0.357 e. The van der Waals surface area contributed by atoms with Crippen LogP contribution in [0.3, 0.4) is 0 Å². The van der Waals surface area contributed by atoms with Crippen molar-refractivity contribution in [3.63, 3.8) is 0 Å². The van der Waals surface area contributed by atoms with Gasteiger partial charge in [-0.25, -0.2) is 18.7 Å². The molecule has 6 nitrogen and oxygen atoms in total. The van der Waals surface area contributed by atoms with Crippen molar-refractivity contribution in [1.29, 1.82) is 0 Å². The van der Waals surface area contributed by atoms with Gasteiger partial charge in [-0.15, -0.1) is 0 Å². The van der Waals surface area contributed by atoms with Gasteiger partial charge >= 0.3 is 0 Å². The van der Waals surface area contributed by atoms with Crippen LogP contribution in [0.15, 0.2) is 36.7 Å². The summed E-state index contributed by atoms with van der Waals surface area (Å²) in [5.74, 6) is 1.28. The Bertz CT molecular complexity index is 846. The lowest BCUT2D eigenvalue weighted by atomic mass is 9.93. The van der Waals surface area contributed by atoms with Crippen LogP contribution in [0.2, 0.25) is 5.15 Å². The molecule has 0 aliphatic carbocycles. The number of aromatic nitrogens is 2. The molecule has 2 aliphatic heterocycles. The van der Waals surface area contributed by atoms with Crippen LogP contribution >= 0.6 is 11.6 Å². The quantitative estimate of drug-likeness (QED) is 0.653. The molecule has 0 unspecified atom stereocenters. The average Bonchev–Trinajstić information content (AvgIpc) is 2.83. The van der Waals surface area contributed by atoms with E-state index < -0.39 is 0 Å². The Hall–Kier alpha value is -2.45. The minimum atomic E-state index is -0.366. The number of anilines is 1. The van der Waals surface area contributed by atoms with Crippen molar-refractivity contribution in [2.45, 2.75) is 39.5 Å². The van der Waals surface area contributed by atoms with E-state index in [0.29, 0.717) is 16.9 Å². The number of halogens is 3. The first-order valence-electron chi connectivity index (χ1n) is 11.1. The third-order valence-corrected chi connectivity index (χ3v) is 5.93. The molecule has 1 N–H and O–H groups in total. The maximum Gasteiger partial charge on any atom is 0.141 e. The van der Waals surface area contributed by atoms with E-state index in [1.165, 1.54) is 24.4 Å². The van der Waals surface area contributed by atoms with Gasteiger partial charge in [-0.3, -0.25) is 9.59 Å². The second kappa shape index (κ2) is 14.0. The average molecular weight is 481 g/mol. The SMILES string of the molecule is CC(=O)C1CCN(c2ccc(F)cn2)CC1.CC(=O)C1CCNCC1.Fc1ccc(Cl)nc1. The summed E-state index contributed by atoms with van der Waals surface area (Å²) in [5, 5.41) is 3.53. The molecule has 2 saturated heterocycles. The Morgan fingerprint density at radius 2 is 1.39 bits per heavy atom. The molecule has 0 amide bonds. The van der Waals surface area contributed by atoms with E-state index in [1.54, 1.807) is 19.9 Å². The number of carbonyl (C=O) groups excluding carboxylic acids is 2. The topological polar surface area (TPSA) is 75.2 Å². The predicted molar refractivity (Wildman–Crippen MR) is 125 cm³/mol. The fourth-order valence-electron chi connectivity index (χ4n) is 3.66. The molecule has 0 radical (unpaired) electrons. The smallest absolute Gasteiger partial charge is 0.141 e. The highest BCUT2D eigenvalue weighted by atomic mass is 35.5. The molecule has 2 aromatic rings. The fourth-order valence-corrected chi connectivity index (χ4v) is 3.77. The first-order valence-corrected chi connectivity index (χ1v) is 11.5. The van der Waals surface area contributed by atoms with Crippen LogP contribution in [0.5, 0.6) is 0 Å². The second-order valence-corrected chi connectivity index (χ2v) is 8.53. The van der Waals surface area contributed by atoms with E-state index in [2.05, 4.69) is 20.2 Å². The third kappa shape index (κ3) is 9.92. The summed E-state index contributed by atoms with van der Waals surface area (Å²) in [7, 11) is 0. The summed E-state index contributed by atoms with van der Waals surface area (Å²) in [6, 6.07) is 5.76. The monoisotopic (exact) mass is 480 g/mol. The molecule has 33 heavy (non-hydrogen) atoms. The number of piperidine rings is 2. The molecule has 4 rings (SSSR count). The number of hydrogen-bond donors (Lipinski definition) is 1. The molecule has 2 aliphatic rings. The van der Waals surface area contributed by atoms with Gasteiger partial charge in [0.25, 0.3) is 0 Å². The number of rotatable bonds is 3. The Balaban J connectivity index is 0.000000192. The van der Waals surface area contributed by atoms with Gasteiger partial charge in [0.15, 0.2) is 0 Å². The van der Waals surface area contributed by atoms with Crippen molar-refractivity contribution in [3.8, 4) is 0 Å². The Kier molecular flexibility index (Phi) is 11.3. The van der Waals surface area contributed by atoms with Gasteiger partial charge < -0.3 is 10.2 Å². The van der Waals surface area contributed by atoms with Gasteiger partial charge in [0.05, 0.1) is 12.4 Å². The Morgan fingerprint density at radius 3 is 1.79 bits per heavy atom. The molecule has 2 aromatic heterocycles. The first-order chi connectivity index (χ1) is 15.8. The lowest BCUT2D eigenvalue weighted by Gasteiger charge is -2.31. The predicted octanol–water partition coefficient (Wildman–Crippen LogP) is 4.48. The minimum Gasteiger partial charge on any atom is -0.357 e. The van der Waals surface area contributed by atoms with Crippen molar-refractivity contribution in [1.82, 2.24) is 15.3 Å². The van der Waals surface area contributed by atoms with Gasteiger partial charge in [0.2, 0.25) is 0 Å². The summed E-state index contributed by atoms with van der Waals surface area (Å²) >= 11 is 5.33. The van der Waals surface area contributed by atoms with Crippen molar-refractivity contribution < 1.29 is 18.4 Å². The number of pyridine rings is 2. The zero-order valence-corrected chi connectivity index (χ0v) is 19.8. The number of nitrogens with zero attached hydrogens (tertiary/aromatic N) is 3. The lowest BCUT2D eigenvalue weighted by molar-refractivity contribution is -0.122. The molecule has 0 saturated carbocycles. The van der Waals surface area contributed by atoms with Gasteiger partial charge in [-0.1, -0.05) is 11.6 Å². The normalized spacial score (nSPS) is 16.7. The summed E-state index contributed by atoms with van der Waals surface area (Å²) in [6.07, 6.45) is 6.11. The van der Waals surface area contributed by atoms with Crippen molar-refractivity contribution in [2.75, 3.05) is 31.1 Å². The van der Waals surface area contributed by atoms with Crippen LogP contribution in [-0.4, -0.2) is 47.7 Å². The van der Waals surface area contributed by atoms with Crippen LogP contribution in [0.1, 0.15) is 39.5 Å². The zero-order valence-electron chi connectivity index (χ0n) is 19.1. The molecule has 9 heteroatoms. The van der Waals surface area contributed by atoms with E-state index in [0.717, 1.165) is 63.9 Å². The minimum absolute atomic E-state index is 0.191. The van der Waals surface area contributed by atoms with Gasteiger partial charge in [0.1, 0.15) is 34.2 Å². The number of nitrogens with one attached hydrogen (secondary N) is 1.